The quantitative estimate of drug-likeness (QED) is 0.665. The average molecular weight is 462 g/mol. The van der Waals surface area contributed by atoms with Crippen LogP contribution in [0.4, 0.5) is 5.69 Å². The van der Waals surface area contributed by atoms with Crippen molar-refractivity contribution in [1.82, 2.24) is 4.72 Å². The number of anilines is 1. The highest BCUT2D eigenvalue weighted by Gasteiger charge is 2.30. The van der Waals surface area contributed by atoms with E-state index in [4.69, 9.17) is 5.73 Å². The molecule has 0 amide bonds. The Hall–Kier alpha value is -0.160. The number of nitrogens with two attached hydrogens (primary N) is 1. The van der Waals surface area contributed by atoms with Gasteiger partial charge in [-0.05, 0) is 56.8 Å². The van der Waals surface area contributed by atoms with Crippen LogP contribution in [0.2, 0.25) is 0 Å². The molecule has 1 aliphatic heterocycles. The lowest BCUT2D eigenvalue weighted by Crippen LogP contribution is -2.43. The largest absolute Gasteiger partial charge is 0.399 e. The summed E-state index contributed by atoms with van der Waals surface area (Å²) in [7, 11) is -7.04. The maximum absolute atomic E-state index is 12.5. The Morgan fingerprint density at radius 2 is 1.81 bits per heavy atom. The Kier molecular flexibility index (Phi) is 5.04. The average Bonchev–Trinajstić information content (AvgIpc) is 2.23. The van der Waals surface area contributed by atoms with Crippen LogP contribution in [0.3, 0.4) is 0 Å². The van der Waals surface area contributed by atoms with Gasteiger partial charge in [0.25, 0.3) is 0 Å². The van der Waals surface area contributed by atoms with Gasteiger partial charge in [-0.3, -0.25) is 0 Å². The van der Waals surface area contributed by atoms with E-state index in [-0.39, 0.29) is 16.4 Å². The molecular formula is C11H14Br2N2O4S2. The summed E-state index contributed by atoms with van der Waals surface area (Å²) in [5, 5.41) is 0. The van der Waals surface area contributed by atoms with Crippen LogP contribution in [0, 0.1) is 0 Å². The van der Waals surface area contributed by atoms with Crippen molar-refractivity contribution in [2.45, 2.75) is 23.8 Å². The van der Waals surface area contributed by atoms with Gasteiger partial charge in [0, 0.05) is 20.7 Å². The smallest absolute Gasteiger partial charge is 0.243 e. The van der Waals surface area contributed by atoms with Crippen molar-refractivity contribution in [3.8, 4) is 0 Å². The fourth-order valence-electron chi connectivity index (χ4n) is 2.23. The fourth-order valence-corrected chi connectivity index (χ4v) is 7.86. The molecule has 1 aromatic carbocycles. The molecule has 0 saturated carbocycles. The lowest BCUT2D eigenvalue weighted by molar-refractivity contribution is 0.517. The molecule has 1 saturated heterocycles. The number of sulfonamides is 1. The first kappa shape index (κ1) is 17.2. The van der Waals surface area contributed by atoms with E-state index in [9.17, 15) is 16.8 Å². The van der Waals surface area contributed by atoms with Gasteiger partial charge >= 0.3 is 0 Å². The standard InChI is InChI=1S/C11H14Br2N2O4S2/c12-9-4-7(14)5-10(13)11(9)21(18,19)15-8-2-1-3-20(16,17)6-8/h4-5,8,15H,1-3,6,14H2. The van der Waals surface area contributed by atoms with E-state index in [1.165, 1.54) is 12.1 Å². The minimum atomic E-state index is -3.85. The van der Waals surface area contributed by atoms with Gasteiger partial charge in [-0.1, -0.05) is 0 Å². The Morgan fingerprint density at radius 3 is 2.33 bits per heavy atom. The molecule has 2 rings (SSSR count). The number of hydrogen-bond donors (Lipinski definition) is 2. The Morgan fingerprint density at radius 1 is 1.24 bits per heavy atom. The van der Waals surface area contributed by atoms with Crippen LogP contribution in [0.1, 0.15) is 12.8 Å². The normalized spacial score (nSPS) is 22.1. The van der Waals surface area contributed by atoms with Crippen LogP contribution in [0.15, 0.2) is 26.0 Å². The second-order valence-corrected chi connectivity index (χ2v) is 10.5. The SMILES string of the molecule is Nc1cc(Br)c(S(=O)(=O)NC2CCCS(=O)(=O)C2)c(Br)c1. The number of nitrogen functional groups attached to an aromatic ring is 1. The zero-order valence-electron chi connectivity index (χ0n) is 10.8. The van der Waals surface area contributed by atoms with Gasteiger partial charge in [0.15, 0.2) is 9.84 Å². The Bertz CT molecular complexity index is 739. The predicted octanol–water partition coefficient (Wildman–Crippen LogP) is 1.65. The number of halogens is 2. The summed E-state index contributed by atoms with van der Waals surface area (Å²) in [6.45, 7) is 0. The van der Waals surface area contributed by atoms with Gasteiger partial charge in [-0.2, -0.15) is 0 Å². The molecule has 0 spiro atoms. The molecule has 0 radical (unpaired) electrons. The van der Waals surface area contributed by atoms with E-state index in [0.717, 1.165) is 0 Å². The van der Waals surface area contributed by atoms with Crippen LogP contribution >= 0.6 is 31.9 Å². The Balaban J connectivity index is 2.31. The van der Waals surface area contributed by atoms with Crippen molar-refractivity contribution < 1.29 is 16.8 Å². The number of benzene rings is 1. The maximum atomic E-state index is 12.5. The van der Waals surface area contributed by atoms with Gasteiger partial charge in [0.1, 0.15) is 4.90 Å². The second-order valence-electron chi connectivity index (χ2n) is 4.89. The molecule has 3 N–H and O–H groups in total. The minimum Gasteiger partial charge on any atom is -0.399 e. The summed E-state index contributed by atoms with van der Waals surface area (Å²) in [5.74, 6) is -0.0586. The van der Waals surface area contributed by atoms with E-state index in [0.29, 0.717) is 27.5 Å². The van der Waals surface area contributed by atoms with Crippen LogP contribution < -0.4 is 10.5 Å². The number of sulfone groups is 1. The summed E-state index contributed by atoms with van der Waals surface area (Å²) in [6, 6.07) is 2.36. The monoisotopic (exact) mass is 460 g/mol. The molecular weight excluding hydrogens is 448 g/mol. The summed E-state index contributed by atoms with van der Waals surface area (Å²) >= 11 is 6.35. The molecule has 118 valence electrons. The molecule has 1 fully saturated rings. The van der Waals surface area contributed by atoms with Crippen molar-refractivity contribution in [3.05, 3.63) is 21.1 Å². The first-order valence-electron chi connectivity index (χ1n) is 6.08. The van der Waals surface area contributed by atoms with Crippen LogP contribution in [0.5, 0.6) is 0 Å². The highest BCUT2D eigenvalue weighted by atomic mass is 79.9. The fraction of sp³-hybridized carbons (Fsp3) is 0.455. The summed E-state index contributed by atoms with van der Waals surface area (Å²) < 4.78 is 51.2. The zero-order valence-corrected chi connectivity index (χ0v) is 15.6. The van der Waals surface area contributed by atoms with Crippen molar-refractivity contribution in [3.63, 3.8) is 0 Å². The van der Waals surface area contributed by atoms with Crippen molar-refractivity contribution in [2.24, 2.45) is 0 Å². The molecule has 6 nitrogen and oxygen atoms in total. The third kappa shape index (κ3) is 4.19. The van der Waals surface area contributed by atoms with Crippen molar-refractivity contribution in [2.75, 3.05) is 17.2 Å². The first-order valence-corrected chi connectivity index (χ1v) is 11.0. The third-order valence-corrected chi connectivity index (χ3v) is 8.29. The lowest BCUT2D eigenvalue weighted by atomic mass is 10.2. The number of nitrogens with one attached hydrogen (secondary N) is 1. The Labute approximate surface area is 140 Å². The van der Waals surface area contributed by atoms with Crippen molar-refractivity contribution >= 4 is 57.4 Å². The second kappa shape index (κ2) is 6.15. The highest BCUT2D eigenvalue weighted by Crippen LogP contribution is 2.32. The zero-order chi connectivity index (χ0) is 15.8. The topological polar surface area (TPSA) is 106 Å². The van der Waals surface area contributed by atoms with Crippen molar-refractivity contribution in [1.29, 1.82) is 0 Å². The van der Waals surface area contributed by atoms with E-state index in [1.54, 1.807) is 0 Å². The third-order valence-electron chi connectivity index (χ3n) is 3.07. The van der Waals surface area contributed by atoms with E-state index in [2.05, 4.69) is 36.6 Å². The van der Waals surface area contributed by atoms with E-state index < -0.39 is 25.9 Å². The van der Waals surface area contributed by atoms with Gasteiger partial charge in [-0.25, -0.2) is 21.6 Å². The van der Waals surface area contributed by atoms with E-state index >= 15 is 0 Å². The highest BCUT2D eigenvalue weighted by molar-refractivity contribution is 9.11. The van der Waals surface area contributed by atoms with E-state index in [1.807, 2.05) is 0 Å². The summed E-state index contributed by atoms with van der Waals surface area (Å²) in [5.41, 5.74) is 6.05. The lowest BCUT2D eigenvalue weighted by Gasteiger charge is -2.23. The summed E-state index contributed by atoms with van der Waals surface area (Å²) in [4.78, 5) is 0.0136. The van der Waals surface area contributed by atoms with Crippen LogP contribution in [0.25, 0.3) is 0 Å². The molecule has 1 aromatic rings. The summed E-state index contributed by atoms with van der Waals surface area (Å²) in [6.07, 6.45) is 0.961. The molecule has 1 aliphatic rings. The molecule has 1 unspecified atom stereocenters. The minimum absolute atomic E-state index is 0.0136. The molecule has 1 atom stereocenters. The maximum Gasteiger partial charge on any atom is 0.243 e. The number of hydrogen-bond acceptors (Lipinski definition) is 5. The molecule has 21 heavy (non-hydrogen) atoms. The molecule has 10 heteroatoms. The van der Waals surface area contributed by atoms with Gasteiger partial charge in [-0.15, -0.1) is 0 Å². The van der Waals surface area contributed by atoms with Gasteiger partial charge in [0.05, 0.1) is 11.5 Å². The molecule has 0 aliphatic carbocycles. The van der Waals surface area contributed by atoms with Crippen LogP contribution in [-0.2, 0) is 19.9 Å². The van der Waals surface area contributed by atoms with Gasteiger partial charge < -0.3 is 5.73 Å². The molecule has 1 heterocycles. The van der Waals surface area contributed by atoms with Gasteiger partial charge in [0.2, 0.25) is 10.0 Å². The first-order chi connectivity index (χ1) is 9.61. The molecule has 0 bridgehead atoms. The predicted molar refractivity (Wildman–Crippen MR) is 88.3 cm³/mol. The molecule has 0 aromatic heterocycles. The van der Waals surface area contributed by atoms with Crippen LogP contribution in [-0.4, -0.2) is 34.4 Å². The number of rotatable bonds is 3.